The molecule has 2 heterocycles. The number of likely N-dealkylation sites (tertiary alicyclic amines) is 1. The van der Waals surface area contributed by atoms with Crippen molar-refractivity contribution in [3.8, 4) is 23.0 Å². The summed E-state index contributed by atoms with van der Waals surface area (Å²) in [6.45, 7) is 0. The zero-order chi connectivity index (χ0) is 23.5. The summed E-state index contributed by atoms with van der Waals surface area (Å²) in [5.74, 6) is -1.74. The van der Waals surface area contributed by atoms with Crippen LogP contribution in [0.2, 0.25) is 0 Å². The lowest BCUT2D eigenvalue weighted by Crippen LogP contribution is -2.42. The van der Waals surface area contributed by atoms with Crippen LogP contribution < -0.4 is 9.47 Å². The van der Waals surface area contributed by atoms with Gasteiger partial charge in [0.05, 0.1) is 25.8 Å². The van der Waals surface area contributed by atoms with E-state index in [1.54, 1.807) is 48.7 Å². The minimum atomic E-state index is -1.11. The SMILES string of the molecule is COc1ncc(-c2ccc(C(=O)N3C(C(=O)O)CCC3c3ccccc3F)cc2)c(OC)n1. The number of benzene rings is 2. The van der Waals surface area contributed by atoms with Crippen LogP contribution in [0.25, 0.3) is 11.1 Å². The highest BCUT2D eigenvalue weighted by molar-refractivity contribution is 5.97. The van der Waals surface area contributed by atoms with E-state index in [9.17, 15) is 19.1 Å². The normalized spacial score (nSPS) is 17.6. The fraction of sp³-hybridized carbons (Fsp3) is 0.250. The predicted octanol–water partition coefficient (Wildman–Crippen LogP) is 3.73. The summed E-state index contributed by atoms with van der Waals surface area (Å²) in [4.78, 5) is 34.8. The Hall–Kier alpha value is -4.01. The summed E-state index contributed by atoms with van der Waals surface area (Å²) in [6.07, 6.45) is 2.16. The Morgan fingerprint density at radius 1 is 1.06 bits per heavy atom. The second kappa shape index (κ2) is 9.23. The molecule has 1 amide bonds. The van der Waals surface area contributed by atoms with Crippen LogP contribution in [0.4, 0.5) is 4.39 Å². The number of rotatable bonds is 6. The van der Waals surface area contributed by atoms with Crippen LogP contribution in [0.3, 0.4) is 0 Å². The van der Waals surface area contributed by atoms with Crippen LogP contribution in [0.15, 0.2) is 54.7 Å². The van der Waals surface area contributed by atoms with Crippen molar-refractivity contribution in [1.29, 1.82) is 0 Å². The lowest BCUT2D eigenvalue weighted by molar-refractivity contribution is -0.141. The second-order valence-corrected chi connectivity index (χ2v) is 7.54. The van der Waals surface area contributed by atoms with Crippen LogP contribution in [-0.4, -0.2) is 52.1 Å². The third-order valence-electron chi connectivity index (χ3n) is 5.72. The molecule has 170 valence electrons. The van der Waals surface area contributed by atoms with E-state index in [2.05, 4.69) is 9.97 Å². The van der Waals surface area contributed by atoms with E-state index in [-0.39, 0.29) is 12.4 Å². The molecule has 1 aliphatic heterocycles. The first-order chi connectivity index (χ1) is 15.9. The lowest BCUT2D eigenvalue weighted by atomic mass is 10.0. The van der Waals surface area contributed by atoms with Crippen molar-refractivity contribution in [2.45, 2.75) is 24.9 Å². The summed E-state index contributed by atoms with van der Waals surface area (Å²) in [6, 6.07) is 11.2. The molecule has 1 N–H and O–H groups in total. The summed E-state index contributed by atoms with van der Waals surface area (Å²) in [7, 11) is 2.93. The molecular weight excluding hydrogens is 429 g/mol. The molecule has 1 aliphatic rings. The largest absolute Gasteiger partial charge is 0.480 e. The van der Waals surface area contributed by atoms with E-state index in [4.69, 9.17) is 9.47 Å². The van der Waals surface area contributed by atoms with Gasteiger partial charge >= 0.3 is 12.0 Å². The molecule has 0 saturated carbocycles. The Labute approximate surface area is 189 Å². The number of methoxy groups -OCH3 is 2. The van der Waals surface area contributed by atoms with Gasteiger partial charge in [0.25, 0.3) is 5.91 Å². The van der Waals surface area contributed by atoms with Crippen LogP contribution in [0.5, 0.6) is 11.9 Å². The molecule has 0 radical (unpaired) electrons. The molecule has 1 fully saturated rings. The van der Waals surface area contributed by atoms with E-state index in [0.717, 1.165) is 0 Å². The highest BCUT2D eigenvalue weighted by atomic mass is 19.1. The summed E-state index contributed by atoms with van der Waals surface area (Å²) in [5, 5.41) is 9.68. The van der Waals surface area contributed by atoms with E-state index in [0.29, 0.717) is 34.6 Å². The van der Waals surface area contributed by atoms with Gasteiger partial charge in [-0.3, -0.25) is 4.79 Å². The van der Waals surface area contributed by atoms with Crippen molar-refractivity contribution in [1.82, 2.24) is 14.9 Å². The monoisotopic (exact) mass is 451 g/mol. The number of carboxylic acids is 1. The average Bonchev–Trinajstić information content (AvgIpc) is 3.29. The fourth-order valence-electron chi connectivity index (χ4n) is 4.13. The molecule has 3 aromatic rings. The van der Waals surface area contributed by atoms with Crippen molar-refractivity contribution < 1.29 is 28.6 Å². The van der Waals surface area contributed by atoms with Crippen LogP contribution in [-0.2, 0) is 4.79 Å². The van der Waals surface area contributed by atoms with E-state index in [1.807, 2.05) is 0 Å². The van der Waals surface area contributed by atoms with Crippen LogP contribution >= 0.6 is 0 Å². The summed E-state index contributed by atoms with van der Waals surface area (Å²) in [5.41, 5.74) is 1.91. The first kappa shape index (κ1) is 22.2. The standard InChI is InChI=1S/C24H22FN3O5/c1-32-21-17(13-26-24(27-21)33-2)14-7-9-15(10-8-14)22(29)28-19(11-12-20(28)23(30)31)16-5-3-4-6-18(16)25/h3-10,13,19-20H,11-12H2,1-2H3,(H,30,31). The zero-order valence-corrected chi connectivity index (χ0v) is 18.1. The molecule has 0 bridgehead atoms. The van der Waals surface area contributed by atoms with Crippen LogP contribution in [0.1, 0.15) is 34.8 Å². The number of carbonyl (C=O) groups is 2. The molecule has 0 aliphatic carbocycles. The van der Waals surface area contributed by atoms with Crippen molar-refractivity contribution in [3.63, 3.8) is 0 Å². The number of aromatic nitrogens is 2. The predicted molar refractivity (Wildman–Crippen MR) is 117 cm³/mol. The molecule has 2 unspecified atom stereocenters. The van der Waals surface area contributed by atoms with Gasteiger partial charge in [-0.2, -0.15) is 4.98 Å². The Balaban J connectivity index is 1.66. The quantitative estimate of drug-likeness (QED) is 0.609. The molecular formula is C24H22FN3O5. The molecule has 9 heteroatoms. The smallest absolute Gasteiger partial charge is 0.326 e. The number of nitrogens with zero attached hydrogens (tertiary/aromatic N) is 3. The Bertz CT molecular complexity index is 1180. The lowest BCUT2D eigenvalue weighted by Gasteiger charge is -2.29. The van der Waals surface area contributed by atoms with E-state index >= 15 is 0 Å². The number of carbonyl (C=O) groups excluding carboxylic acids is 1. The van der Waals surface area contributed by atoms with Gasteiger partial charge in [0.1, 0.15) is 11.9 Å². The number of ether oxygens (including phenoxy) is 2. The van der Waals surface area contributed by atoms with Crippen LogP contribution in [0, 0.1) is 5.82 Å². The molecule has 8 nitrogen and oxygen atoms in total. The zero-order valence-electron chi connectivity index (χ0n) is 18.1. The first-order valence-electron chi connectivity index (χ1n) is 10.3. The fourth-order valence-corrected chi connectivity index (χ4v) is 4.13. The highest BCUT2D eigenvalue weighted by Gasteiger charge is 2.42. The summed E-state index contributed by atoms with van der Waals surface area (Å²) >= 11 is 0. The van der Waals surface area contributed by atoms with Gasteiger partial charge in [0.15, 0.2) is 0 Å². The maximum absolute atomic E-state index is 14.5. The van der Waals surface area contributed by atoms with Gasteiger partial charge < -0.3 is 19.5 Å². The molecule has 33 heavy (non-hydrogen) atoms. The Morgan fingerprint density at radius 2 is 1.79 bits per heavy atom. The molecule has 1 saturated heterocycles. The Kier molecular flexibility index (Phi) is 6.21. The second-order valence-electron chi connectivity index (χ2n) is 7.54. The van der Waals surface area contributed by atoms with Gasteiger partial charge in [-0.15, -0.1) is 0 Å². The topological polar surface area (TPSA) is 102 Å². The van der Waals surface area contributed by atoms with Gasteiger partial charge in [-0.25, -0.2) is 14.2 Å². The summed E-state index contributed by atoms with van der Waals surface area (Å²) < 4.78 is 24.8. The minimum absolute atomic E-state index is 0.162. The third-order valence-corrected chi connectivity index (χ3v) is 5.72. The van der Waals surface area contributed by atoms with E-state index in [1.165, 1.54) is 25.2 Å². The van der Waals surface area contributed by atoms with Gasteiger partial charge in [0, 0.05) is 17.3 Å². The molecule has 1 aromatic heterocycles. The van der Waals surface area contributed by atoms with Crippen molar-refractivity contribution in [3.05, 3.63) is 71.7 Å². The third kappa shape index (κ3) is 4.21. The minimum Gasteiger partial charge on any atom is -0.480 e. The number of aliphatic carboxylic acids is 1. The van der Waals surface area contributed by atoms with Gasteiger partial charge in [-0.1, -0.05) is 30.3 Å². The van der Waals surface area contributed by atoms with Crippen molar-refractivity contribution in [2.24, 2.45) is 0 Å². The van der Waals surface area contributed by atoms with Crippen molar-refractivity contribution >= 4 is 11.9 Å². The molecule has 2 atom stereocenters. The number of hydrogen-bond acceptors (Lipinski definition) is 6. The first-order valence-corrected chi connectivity index (χ1v) is 10.3. The van der Waals surface area contributed by atoms with Gasteiger partial charge in [0.2, 0.25) is 5.88 Å². The average molecular weight is 451 g/mol. The number of hydrogen-bond donors (Lipinski definition) is 1. The highest BCUT2D eigenvalue weighted by Crippen LogP contribution is 2.39. The number of amides is 1. The maximum Gasteiger partial charge on any atom is 0.326 e. The van der Waals surface area contributed by atoms with Gasteiger partial charge in [-0.05, 0) is 36.6 Å². The molecule has 0 spiro atoms. The molecule has 2 aromatic carbocycles. The van der Waals surface area contributed by atoms with Crippen molar-refractivity contribution in [2.75, 3.05) is 14.2 Å². The number of carboxylic acid groups (broad SMARTS) is 1. The molecule has 4 rings (SSSR count). The number of halogens is 1. The maximum atomic E-state index is 14.5. The van der Waals surface area contributed by atoms with E-state index < -0.39 is 29.8 Å². The Morgan fingerprint density at radius 3 is 2.42 bits per heavy atom.